The van der Waals surface area contributed by atoms with Crippen LogP contribution in [0.25, 0.3) is 0 Å². The molecule has 0 amide bonds. The van der Waals surface area contributed by atoms with Gasteiger partial charge in [-0.2, -0.15) is 0 Å². The molecule has 1 fully saturated rings. The lowest BCUT2D eigenvalue weighted by Crippen LogP contribution is -2.55. The lowest BCUT2D eigenvalue weighted by molar-refractivity contribution is -0.311. The van der Waals surface area contributed by atoms with Crippen LogP contribution in [0.4, 0.5) is 0 Å². The molecule has 0 aromatic carbocycles. The summed E-state index contributed by atoms with van der Waals surface area (Å²) in [4.78, 5) is 0. The summed E-state index contributed by atoms with van der Waals surface area (Å²) in [5.74, 6) is 0. The first-order valence-corrected chi connectivity index (χ1v) is 2.38. The van der Waals surface area contributed by atoms with Crippen LogP contribution in [0.3, 0.4) is 0 Å². The third kappa shape index (κ3) is 0.714. The molecule has 8 heavy (non-hydrogen) atoms. The maximum atomic E-state index is 8.64. The summed E-state index contributed by atoms with van der Waals surface area (Å²) in [5.41, 5.74) is 0. The summed E-state index contributed by atoms with van der Waals surface area (Å²) in [6.45, 7) is -0.238. The van der Waals surface area contributed by atoms with Crippen molar-refractivity contribution in [3.8, 4) is 0 Å². The van der Waals surface area contributed by atoms with E-state index in [1.807, 2.05) is 0 Å². The molecule has 1 heterocycles. The zero-order valence-electron chi connectivity index (χ0n) is 4.19. The van der Waals surface area contributed by atoms with E-state index < -0.39 is 18.5 Å². The Hall–Kier alpha value is -0.160. The zero-order chi connectivity index (χ0) is 6.15. The molecule has 48 valence electrons. The van der Waals surface area contributed by atoms with E-state index in [1.165, 1.54) is 0 Å². The predicted molar refractivity (Wildman–Crippen MR) is 24.0 cm³/mol. The van der Waals surface area contributed by atoms with Crippen LogP contribution >= 0.6 is 0 Å². The average molecular weight is 120 g/mol. The van der Waals surface area contributed by atoms with E-state index in [9.17, 15) is 0 Å². The van der Waals surface area contributed by atoms with Crippen molar-refractivity contribution in [2.45, 2.75) is 18.5 Å². The summed E-state index contributed by atoms with van der Waals surface area (Å²) in [7, 11) is 0. The fourth-order valence-corrected chi connectivity index (χ4v) is 0.585. The summed E-state index contributed by atoms with van der Waals surface area (Å²) < 4.78 is 4.46. The molecule has 0 saturated carbocycles. The molecular formula is C4H8O4. The number of aliphatic hydroxyl groups excluding tert-OH is 3. The second-order valence-corrected chi connectivity index (χ2v) is 1.74. The maximum absolute atomic E-state index is 8.64. The van der Waals surface area contributed by atoms with Crippen LogP contribution in [-0.2, 0) is 4.74 Å². The first-order chi connectivity index (χ1) is 3.75. The van der Waals surface area contributed by atoms with E-state index in [2.05, 4.69) is 4.74 Å². The first-order valence-electron chi connectivity index (χ1n) is 2.38. The van der Waals surface area contributed by atoms with Crippen molar-refractivity contribution in [3.05, 3.63) is 0 Å². The van der Waals surface area contributed by atoms with Gasteiger partial charge in [0.25, 0.3) is 0 Å². The van der Waals surface area contributed by atoms with E-state index >= 15 is 0 Å². The predicted octanol–water partition coefficient (Wildman–Crippen LogP) is -1.94. The Labute approximate surface area is 46.3 Å². The Balaban J connectivity index is 2.25. The highest BCUT2D eigenvalue weighted by Crippen LogP contribution is 2.17. The van der Waals surface area contributed by atoms with Gasteiger partial charge in [-0.05, 0) is 0 Å². The lowest BCUT2D eigenvalue weighted by atomic mass is 10.1. The minimum Gasteiger partial charge on any atom is -0.394 e. The summed E-state index contributed by atoms with van der Waals surface area (Å²) in [6, 6.07) is 0. The molecule has 0 aliphatic carbocycles. The maximum Gasteiger partial charge on any atom is 0.184 e. The SMILES string of the molecule is OCC1O[C@H](O)C1O. The molecule has 3 atom stereocenters. The molecule has 0 bridgehead atoms. The number of hydrogen-bond donors (Lipinski definition) is 3. The molecule has 3 N–H and O–H groups in total. The second-order valence-electron chi connectivity index (χ2n) is 1.74. The Morgan fingerprint density at radius 3 is 2.12 bits per heavy atom. The number of rotatable bonds is 1. The topological polar surface area (TPSA) is 69.9 Å². The highest BCUT2D eigenvalue weighted by molar-refractivity contribution is 4.80. The van der Waals surface area contributed by atoms with E-state index in [0.717, 1.165) is 0 Å². The summed E-state index contributed by atoms with van der Waals surface area (Å²) >= 11 is 0. The van der Waals surface area contributed by atoms with Crippen molar-refractivity contribution >= 4 is 0 Å². The quantitative estimate of drug-likeness (QED) is 0.376. The van der Waals surface area contributed by atoms with Gasteiger partial charge in [0.05, 0.1) is 6.61 Å². The van der Waals surface area contributed by atoms with Gasteiger partial charge in [-0.1, -0.05) is 0 Å². The molecule has 0 aromatic rings. The Morgan fingerprint density at radius 2 is 2.00 bits per heavy atom. The highest BCUT2D eigenvalue weighted by Gasteiger charge is 2.39. The van der Waals surface area contributed by atoms with Gasteiger partial charge in [0.1, 0.15) is 12.2 Å². The van der Waals surface area contributed by atoms with E-state index in [-0.39, 0.29) is 6.61 Å². The fourth-order valence-electron chi connectivity index (χ4n) is 0.585. The minimum atomic E-state index is -1.09. The van der Waals surface area contributed by atoms with Crippen LogP contribution in [-0.4, -0.2) is 40.4 Å². The Morgan fingerprint density at radius 1 is 1.38 bits per heavy atom. The minimum absolute atomic E-state index is 0.238. The molecule has 0 aromatic heterocycles. The lowest BCUT2D eigenvalue weighted by Gasteiger charge is -2.36. The van der Waals surface area contributed by atoms with Gasteiger partial charge < -0.3 is 20.1 Å². The van der Waals surface area contributed by atoms with Gasteiger partial charge in [-0.25, -0.2) is 0 Å². The van der Waals surface area contributed by atoms with E-state index in [1.54, 1.807) is 0 Å². The van der Waals surface area contributed by atoms with Crippen molar-refractivity contribution in [3.63, 3.8) is 0 Å². The normalized spacial score (nSPS) is 46.1. The Bertz CT molecular complexity index is 84.1. The van der Waals surface area contributed by atoms with Gasteiger partial charge in [0.15, 0.2) is 6.29 Å². The van der Waals surface area contributed by atoms with Crippen molar-refractivity contribution < 1.29 is 20.1 Å². The van der Waals surface area contributed by atoms with Gasteiger partial charge in [-0.3, -0.25) is 0 Å². The van der Waals surface area contributed by atoms with Crippen molar-refractivity contribution in [2.75, 3.05) is 6.61 Å². The molecule has 4 nitrogen and oxygen atoms in total. The van der Waals surface area contributed by atoms with Crippen LogP contribution in [0.1, 0.15) is 0 Å². The molecule has 0 radical (unpaired) electrons. The van der Waals surface area contributed by atoms with Crippen LogP contribution in [0.5, 0.6) is 0 Å². The largest absolute Gasteiger partial charge is 0.394 e. The second kappa shape index (κ2) is 1.99. The van der Waals surface area contributed by atoms with Gasteiger partial charge in [-0.15, -0.1) is 0 Å². The van der Waals surface area contributed by atoms with Crippen molar-refractivity contribution in [2.24, 2.45) is 0 Å². The monoisotopic (exact) mass is 120 g/mol. The molecule has 2 unspecified atom stereocenters. The van der Waals surface area contributed by atoms with Crippen molar-refractivity contribution in [1.82, 2.24) is 0 Å². The molecular weight excluding hydrogens is 112 g/mol. The number of hydrogen-bond acceptors (Lipinski definition) is 4. The zero-order valence-corrected chi connectivity index (χ0v) is 4.19. The van der Waals surface area contributed by atoms with Gasteiger partial charge >= 0.3 is 0 Å². The van der Waals surface area contributed by atoms with Crippen LogP contribution < -0.4 is 0 Å². The third-order valence-electron chi connectivity index (χ3n) is 1.17. The van der Waals surface area contributed by atoms with E-state index in [4.69, 9.17) is 15.3 Å². The smallest absolute Gasteiger partial charge is 0.184 e. The molecule has 4 heteroatoms. The molecule has 1 rings (SSSR count). The van der Waals surface area contributed by atoms with Crippen molar-refractivity contribution in [1.29, 1.82) is 0 Å². The average Bonchev–Trinajstić information content (AvgIpc) is 1.81. The standard InChI is InChI=1S/C4H8O4/c5-1-2-3(6)4(7)8-2/h2-7H,1H2/t2?,3?,4-/m0/s1. The third-order valence-corrected chi connectivity index (χ3v) is 1.17. The van der Waals surface area contributed by atoms with E-state index in [0.29, 0.717) is 0 Å². The summed E-state index contributed by atoms with van der Waals surface area (Å²) in [6.07, 6.45) is -2.57. The van der Waals surface area contributed by atoms with Gasteiger partial charge in [0.2, 0.25) is 0 Å². The highest BCUT2D eigenvalue weighted by atomic mass is 16.7. The molecule has 1 aliphatic heterocycles. The molecule has 1 aliphatic rings. The number of aliphatic hydroxyl groups is 3. The van der Waals surface area contributed by atoms with Gasteiger partial charge in [0, 0.05) is 0 Å². The first kappa shape index (κ1) is 5.97. The number of ether oxygens (including phenoxy) is 1. The molecule has 0 spiro atoms. The van der Waals surface area contributed by atoms with Crippen LogP contribution in [0.2, 0.25) is 0 Å². The fraction of sp³-hybridized carbons (Fsp3) is 1.00. The Kier molecular flexibility index (Phi) is 1.48. The van der Waals surface area contributed by atoms with Crippen LogP contribution in [0.15, 0.2) is 0 Å². The molecule has 1 saturated heterocycles. The summed E-state index contributed by atoms with van der Waals surface area (Å²) in [5, 5.41) is 25.4. The van der Waals surface area contributed by atoms with Crippen LogP contribution in [0, 0.1) is 0 Å².